The van der Waals surface area contributed by atoms with Crippen LogP contribution in [-0.4, -0.2) is 46.1 Å². The molecule has 0 fully saturated rings. The molecule has 2 aliphatic heterocycles. The molecule has 4 aromatic rings. The highest BCUT2D eigenvalue weighted by molar-refractivity contribution is 6.08. The lowest BCUT2D eigenvalue weighted by Gasteiger charge is -2.23. The van der Waals surface area contributed by atoms with Gasteiger partial charge in [-0.2, -0.15) is 4.98 Å². The number of amides is 1. The third-order valence-electron chi connectivity index (χ3n) is 6.23. The molecule has 6 rings (SSSR count). The number of nitrogens with zero attached hydrogens (tertiary/aromatic N) is 3. The largest absolute Gasteiger partial charge is 0.492 e. The number of pyridine rings is 1. The molecule has 10 heteroatoms. The molecule has 0 radical (unpaired) electrons. The second-order valence-corrected chi connectivity index (χ2v) is 8.28. The van der Waals surface area contributed by atoms with Gasteiger partial charge in [0.15, 0.2) is 11.6 Å². The molecule has 9 nitrogen and oxygen atoms in total. The monoisotopic (exact) mass is 472 g/mol. The van der Waals surface area contributed by atoms with Crippen molar-refractivity contribution in [3.63, 3.8) is 0 Å². The maximum absolute atomic E-state index is 14.5. The standard InChI is InChI=1S/C25H21FN6O3/c1-34-23-15(26)6-4-7-16(23)30-22-18-19-13(11-28-24(18)33)5-2-3-10-35-25-29-12-17-20(32-25)14(8-9-27-17)21(22)31-19/h2-4,6-9,12-13,30-31H,5,10-11H2,1H3,(H,28,33)/b3-2+/t13-/m1/s1. The molecule has 5 heterocycles. The number of carbonyl (C=O) groups excluding carboxylic acids is 1. The number of aromatic amines is 1. The van der Waals surface area contributed by atoms with Gasteiger partial charge >= 0.3 is 6.01 Å². The van der Waals surface area contributed by atoms with E-state index in [-0.39, 0.29) is 23.6 Å². The summed E-state index contributed by atoms with van der Waals surface area (Å²) in [7, 11) is 1.40. The summed E-state index contributed by atoms with van der Waals surface area (Å²) in [6.07, 6.45) is 7.87. The van der Waals surface area contributed by atoms with Gasteiger partial charge in [-0.15, -0.1) is 0 Å². The van der Waals surface area contributed by atoms with Crippen LogP contribution in [0.5, 0.6) is 11.8 Å². The van der Waals surface area contributed by atoms with Gasteiger partial charge in [-0.3, -0.25) is 9.78 Å². The van der Waals surface area contributed by atoms with E-state index in [1.807, 2.05) is 18.2 Å². The first-order chi connectivity index (χ1) is 17.1. The van der Waals surface area contributed by atoms with Crippen LogP contribution >= 0.6 is 0 Å². The van der Waals surface area contributed by atoms with Gasteiger partial charge < -0.3 is 25.1 Å². The number of methoxy groups -OCH3 is 1. The summed E-state index contributed by atoms with van der Waals surface area (Å²) in [5.74, 6) is -0.669. The van der Waals surface area contributed by atoms with Crippen molar-refractivity contribution < 1.29 is 18.7 Å². The number of benzene rings is 1. The van der Waals surface area contributed by atoms with Crippen molar-refractivity contribution in [2.45, 2.75) is 12.3 Å². The number of H-pyrrole nitrogens is 1. The molecule has 35 heavy (non-hydrogen) atoms. The van der Waals surface area contributed by atoms with E-state index in [0.717, 1.165) is 5.69 Å². The molecule has 4 bridgehead atoms. The molecule has 1 amide bonds. The minimum absolute atomic E-state index is 0.00920. The zero-order chi connectivity index (χ0) is 23.9. The van der Waals surface area contributed by atoms with Crippen LogP contribution in [0.2, 0.25) is 0 Å². The summed E-state index contributed by atoms with van der Waals surface area (Å²) in [6, 6.07) is 6.64. The molecule has 0 spiro atoms. The van der Waals surface area contributed by atoms with Crippen LogP contribution in [0, 0.1) is 5.82 Å². The number of fused-ring (bicyclic) bond motifs is 3. The molecular weight excluding hydrogens is 451 g/mol. The zero-order valence-corrected chi connectivity index (χ0v) is 18.8. The lowest BCUT2D eigenvalue weighted by Crippen LogP contribution is -2.34. The van der Waals surface area contributed by atoms with E-state index in [1.165, 1.54) is 13.2 Å². The summed E-state index contributed by atoms with van der Waals surface area (Å²) in [6.45, 7) is 0.813. The van der Waals surface area contributed by atoms with Gasteiger partial charge in [-0.1, -0.05) is 18.2 Å². The van der Waals surface area contributed by atoms with Crippen LogP contribution in [0.3, 0.4) is 0 Å². The number of para-hydroxylation sites is 1. The summed E-state index contributed by atoms with van der Waals surface area (Å²) >= 11 is 0. The van der Waals surface area contributed by atoms with Crippen molar-refractivity contribution >= 4 is 28.3 Å². The zero-order valence-electron chi connectivity index (χ0n) is 18.8. The van der Waals surface area contributed by atoms with Crippen molar-refractivity contribution in [1.82, 2.24) is 25.3 Å². The molecule has 0 aliphatic carbocycles. The average molecular weight is 472 g/mol. The number of carbonyl (C=O) groups is 1. The number of allylic oxidation sites excluding steroid dienone is 1. The Morgan fingerprint density at radius 1 is 1.23 bits per heavy atom. The SMILES string of the molecule is COc1c(F)cccc1Nc1c2[nH]c3c1C(=O)NC[C@H]3C/C=C/COc1ncc3nccc-2c3n1. The van der Waals surface area contributed by atoms with E-state index >= 15 is 0 Å². The van der Waals surface area contributed by atoms with E-state index in [4.69, 9.17) is 9.47 Å². The predicted octanol–water partition coefficient (Wildman–Crippen LogP) is 4.08. The first kappa shape index (κ1) is 21.1. The van der Waals surface area contributed by atoms with Gasteiger partial charge in [0.2, 0.25) is 0 Å². The highest BCUT2D eigenvalue weighted by Crippen LogP contribution is 2.43. The lowest BCUT2D eigenvalue weighted by molar-refractivity contribution is 0.0941. The molecule has 0 unspecified atom stereocenters. The number of anilines is 2. The van der Waals surface area contributed by atoms with Gasteiger partial charge in [-0.05, 0) is 24.6 Å². The number of hydrogen-bond donors (Lipinski definition) is 3. The maximum Gasteiger partial charge on any atom is 0.317 e. The first-order valence-electron chi connectivity index (χ1n) is 11.2. The smallest absolute Gasteiger partial charge is 0.317 e. The van der Waals surface area contributed by atoms with E-state index in [2.05, 4.69) is 30.6 Å². The molecule has 1 aromatic carbocycles. The van der Waals surface area contributed by atoms with E-state index in [1.54, 1.807) is 24.5 Å². The van der Waals surface area contributed by atoms with Crippen LogP contribution < -0.4 is 20.1 Å². The third kappa shape index (κ3) is 3.54. The predicted molar refractivity (Wildman–Crippen MR) is 128 cm³/mol. The Bertz CT molecular complexity index is 1500. The average Bonchev–Trinajstić information content (AvgIpc) is 3.24. The molecule has 3 aromatic heterocycles. The summed E-state index contributed by atoms with van der Waals surface area (Å²) in [4.78, 5) is 29.9. The topological polar surface area (TPSA) is 114 Å². The minimum Gasteiger partial charge on any atom is -0.492 e. The Balaban J connectivity index is 1.64. The minimum atomic E-state index is -0.512. The summed E-state index contributed by atoms with van der Waals surface area (Å²) < 4.78 is 25.5. The maximum atomic E-state index is 14.5. The summed E-state index contributed by atoms with van der Waals surface area (Å²) in [5.41, 5.74) is 4.63. The van der Waals surface area contributed by atoms with E-state index in [0.29, 0.717) is 58.8 Å². The Kier molecular flexibility index (Phi) is 5.05. The van der Waals surface area contributed by atoms with Crippen molar-refractivity contribution in [2.24, 2.45) is 0 Å². The van der Waals surface area contributed by atoms with Crippen LogP contribution in [-0.2, 0) is 0 Å². The van der Waals surface area contributed by atoms with Crippen LogP contribution in [0.4, 0.5) is 15.8 Å². The van der Waals surface area contributed by atoms with Crippen LogP contribution in [0.15, 0.2) is 48.8 Å². The number of hydrogen-bond acceptors (Lipinski definition) is 7. The molecule has 1 atom stereocenters. The number of nitrogens with one attached hydrogen (secondary N) is 3. The van der Waals surface area contributed by atoms with Gasteiger partial charge in [0.1, 0.15) is 17.6 Å². The van der Waals surface area contributed by atoms with Crippen LogP contribution in [0.1, 0.15) is 28.4 Å². The summed E-state index contributed by atoms with van der Waals surface area (Å²) in [5, 5.41) is 6.26. The molecule has 3 N–H and O–H groups in total. The second-order valence-electron chi connectivity index (χ2n) is 8.28. The fourth-order valence-electron chi connectivity index (χ4n) is 4.59. The first-order valence-corrected chi connectivity index (χ1v) is 11.2. The molecular formula is C25H21FN6O3. The van der Waals surface area contributed by atoms with E-state index in [9.17, 15) is 9.18 Å². The Labute approximate surface area is 199 Å². The number of ether oxygens (including phenoxy) is 2. The fraction of sp³-hybridized carbons (Fsp3) is 0.200. The van der Waals surface area contributed by atoms with Crippen molar-refractivity contribution in [2.75, 3.05) is 25.6 Å². The van der Waals surface area contributed by atoms with Crippen molar-refractivity contribution in [1.29, 1.82) is 0 Å². The van der Waals surface area contributed by atoms with Gasteiger partial charge in [0.25, 0.3) is 5.91 Å². The molecule has 2 aliphatic rings. The van der Waals surface area contributed by atoms with Gasteiger partial charge in [-0.25, -0.2) is 9.37 Å². The van der Waals surface area contributed by atoms with Gasteiger partial charge in [0, 0.05) is 29.9 Å². The Morgan fingerprint density at radius 2 is 2.14 bits per heavy atom. The van der Waals surface area contributed by atoms with Crippen LogP contribution in [0.25, 0.3) is 22.3 Å². The highest BCUT2D eigenvalue weighted by atomic mass is 19.1. The molecule has 176 valence electrons. The lowest BCUT2D eigenvalue weighted by atomic mass is 9.93. The second kappa shape index (κ2) is 8.39. The fourth-order valence-corrected chi connectivity index (χ4v) is 4.59. The number of halogens is 1. The third-order valence-corrected chi connectivity index (χ3v) is 6.23. The highest BCUT2D eigenvalue weighted by Gasteiger charge is 2.33. The Morgan fingerprint density at radius 3 is 3.03 bits per heavy atom. The molecule has 0 saturated carbocycles. The van der Waals surface area contributed by atoms with Crippen molar-refractivity contribution in [3.05, 3.63) is 65.9 Å². The quantitative estimate of drug-likeness (QED) is 0.385. The molecule has 0 saturated heterocycles. The van der Waals surface area contributed by atoms with Gasteiger partial charge in [0.05, 0.1) is 35.9 Å². The number of rotatable bonds is 3. The van der Waals surface area contributed by atoms with Crippen molar-refractivity contribution in [3.8, 4) is 23.0 Å². The number of aromatic nitrogens is 4. The van der Waals surface area contributed by atoms with E-state index < -0.39 is 5.82 Å². The Hall–Kier alpha value is -4.47. The normalized spacial score (nSPS) is 17.5.